The lowest BCUT2D eigenvalue weighted by molar-refractivity contribution is -0.137. The molecule has 19 heavy (non-hydrogen) atoms. The van der Waals surface area contributed by atoms with Gasteiger partial charge in [-0.3, -0.25) is 4.79 Å². The zero-order chi connectivity index (χ0) is 14.4. The number of benzene rings is 1. The summed E-state index contributed by atoms with van der Waals surface area (Å²) in [4.78, 5) is 23.6. The van der Waals surface area contributed by atoms with Crippen LogP contribution in [0, 0.1) is 0 Å². The lowest BCUT2D eigenvalue weighted by Gasteiger charge is -2.21. The zero-order valence-electron chi connectivity index (χ0n) is 10.9. The Morgan fingerprint density at radius 1 is 1.37 bits per heavy atom. The minimum Gasteiger partial charge on any atom is -0.481 e. The maximum Gasteiger partial charge on any atom is 0.317 e. The zero-order valence-corrected chi connectivity index (χ0v) is 12.5. The van der Waals surface area contributed by atoms with E-state index in [0.717, 1.165) is 10.0 Å². The Hall–Kier alpha value is -1.56. The van der Waals surface area contributed by atoms with Gasteiger partial charge in [-0.2, -0.15) is 0 Å². The molecule has 0 heterocycles. The predicted molar refractivity (Wildman–Crippen MR) is 76.0 cm³/mol. The molecule has 0 aliphatic rings. The molecule has 0 aromatic heterocycles. The fraction of sp³-hybridized carbons (Fsp3) is 0.385. The Balaban J connectivity index is 2.51. The van der Waals surface area contributed by atoms with Gasteiger partial charge in [-0.05, 0) is 24.6 Å². The summed E-state index contributed by atoms with van der Waals surface area (Å²) < 4.78 is 0.980. The van der Waals surface area contributed by atoms with Crippen molar-refractivity contribution in [1.29, 1.82) is 0 Å². The summed E-state index contributed by atoms with van der Waals surface area (Å²) in [5.41, 5.74) is 0.989. The largest absolute Gasteiger partial charge is 0.481 e. The topological polar surface area (TPSA) is 69.6 Å². The van der Waals surface area contributed by atoms with Gasteiger partial charge < -0.3 is 15.3 Å². The second-order valence-corrected chi connectivity index (χ2v) is 5.20. The first-order valence-corrected chi connectivity index (χ1v) is 6.68. The first kappa shape index (κ1) is 15.5. The molecule has 2 amide bonds. The van der Waals surface area contributed by atoms with E-state index in [2.05, 4.69) is 21.2 Å². The molecule has 0 bridgehead atoms. The maximum absolute atomic E-state index is 11.8. The van der Waals surface area contributed by atoms with Crippen molar-refractivity contribution in [3.63, 3.8) is 0 Å². The molecular formula is C13H17BrN2O3. The minimum absolute atomic E-state index is 0.0589. The summed E-state index contributed by atoms with van der Waals surface area (Å²) in [6.45, 7) is 2.07. The highest BCUT2D eigenvalue weighted by Gasteiger charge is 2.13. The highest BCUT2D eigenvalue weighted by atomic mass is 79.9. The summed E-state index contributed by atoms with van der Waals surface area (Å²) >= 11 is 3.35. The normalized spacial score (nSPS) is 11.7. The lowest BCUT2D eigenvalue weighted by atomic mass is 10.1. The van der Waals surface area contributed by atoms with E-state index in [4.69, 9.17) is 5.11 Å². The van der Waals surface area contributed by atoms with Crippen LogP contribution in [0.1, 0.15) is 24.9 Å². The molecule has 1 aromatic carbocycles. The van der Waals surface area contributed by atoms with Crippen LogP contribution in [0.15, 0.2) is 28.7 Å². The summed E-state index contributed by atoms with van der Waals surface area (Å²) in [5, 5.41) is 11.4. The number of carboxylic acids is 1. The summed E-state index contributed by atoms with van der Waals surface area (Å²) in [6.07, 6.45) is -0.0589. The summed E-state index contributed by atoms with van der Waals surface area (Å²) in [5.74, 6) is -0.916. The third-order valence-corrected chi connectivity index (χ3v) is 3.25. The van der Waals surface area contributed by atoms with Gasteiger partial charge >= 0.3 is 12.0 Å². The SMILES string of the molecule is CC(NC(=O)N(C)CCC(=O)O)c1ccc(Br)cc1. The van der Waals surface area contributed by atoms with Crippen LogP contribution >= 0.6 is 15.9 Å². The number of nitrogens with zero attached hydrogens (tertiary/aromatic N) is 1. The number of carboxylic acid groups (broad SMARTS) is 1. The third-order valence-electron chi connectivity index (χ3n) is 2.72. The molecule has 1 atom stereocenters. The fourth-order valence-electron chi connectivity index (χ4n) is 1.50. The van der Waals surface area contributed by atoms with Crippen LogP contribution in [0.3, 0.4) is 0 Å². The van der Waals surface area contributed by atoms with Crippen molar-refractivity contribution in [1.82, 2.24) is 10.2 Å². The first-order valence-electron chi connectivity index (χ1n) is 5.89. The Morgan fingerprint density at radius 2 is 1.95 bits per heavy atom. The van der Waals surface area contributed by atoms with Gasteiger partial charge in [-0.1, -0.05) is 28.1 Å². The Bertz CT molecular complexity index is 448. The molecule has 0 spiro atoms. The molecule has 0 aliphatic heterocycles. The Labute approximate surface area is 120 Å². The van der Waals surface area contributed by atoms with Crippen LogP contribution in [0.25, 0.3) is 0 Å². The van der Waals surface area contributed by atoms with Crippen molar-refractivity contribution in [2.45, 2.75) is 19.4 Å². The van der Waals surface area contributed by atoms with E-state index in [1.54, 1.807) is 7.05 Å². The van der Waals surface area contributed by atoms with Crippen molar-refractivity contribution in [3.8, 4) is 0 Å². The molecule has 1 aromatic rings. The maximum atomic E-state index is 11.8. The van der Waals surface area contributed by atoms with Crippen molar-refractivity contribution in [3.05, 3.63) is 34.3 Å². The summed E-state index contributed by atoms with van der Waals surface area (Å²) in [7, 11) is 1.58. The van der Waals surface area contributed by atoms with Gasteiger partial charge in [0.1, 0.15) is 0 Å². The van der Waals surface area contributed by atoms with Gasteiger partial charge in [0.25, 0.3) is 0 Å². The molecule has 6 heteroatoms. The standard InChI is InChI=1S/C13H17BrN2O3/c1-9(10-3-5-11(14)6-4-10)15-13(19)16(2)8-7-12(17)18/h3-6,9H,7-8H2,1-2H3,(H,15,19)(H,17,18). The van der Waals surface area contributed by atoms with Gasteiger partial charge in [0.05, 0.1) is 12.5 Å². The second kappa shape index (κ2) is 7.13. The van der Waals surface area contributed by atoms with Crippen LogP contribution in [-0.2, 0) is 4.79 Å². The number of halogens is 1. The molecule has 2 N–H and O–H groups in total. The average Bonchev–Trinajstić information content (AvgIpc) is 2.36. The highest BCUT2D eigenvalue weighted by Crippen LogP contribution is 2.16. The van der Waals surface area contributed by atoms with Crippen LogP contribution in [-0.4, -0.2) is 35.6 Å². The van der Waals surface area contributed by atoms with Crippen molar-refractivity contribution in [2.75, 3.05) is 13.6 Å². The number of aliphatic carboxylic acids is 1. The van der Waals surface area contributed by atoms with Gasteiger partial charge in [-0.25, -0.2) is 4.79 Å². The molecule has 0 saturated heterocycles. The molecule has 0 aliphatic carbocycles. The number of urea groups is 1. The molecule has 1 unspecified atom stereocenters. The molecule has 1 rings (SSSR count). The van der Waals surface area contributed by atoms with Crippen LogP contribution in [0.2, 0.25) is 0 Å². The number of carbonyl (C=O) groups excluding carboxylic acids is 1. The van der Waals surface area contributed by atoms with E-state index >= 15 is 0 Å². The molecule has 0 fully saturated rings. The van der Waals surface area contributed by atoms with Gasteiger partial charge in [0, 0.05) is 18.1 Å². The van der Waals surface area contributed by atoms with Crippen molar-refractivity contribution in [2.24, 2.45) is 0 Å². The van der Waals surface area contributed by atoms with Gasteiger partial charge in [-0.15, -0.1) is 0 Å². The molecule has 5 nitrogen and oxygen atoms in total. The predicted octanol–water partition coefficient (Wildman–Crippen LogP) is 2.63. The number of hydrogen-bond donors (Lipinski definition) is 2. The van der Waals surface area contributed by atoms with Crippen molar-refractivity contribution >= 4 is 27.9 Å². The van der Waals surface area contributed by atoms with E-state index in [0.29, 0.717) is 0 Å². The average molecular weight is 329 g/mol. The Kier molecular flexibility index (Phi) is 5.82. The first-order chi connectivity index (χ1) is 8.90. The molecule has 0 saturated carbocycles. The molecular weight excluding hydrogens is 312 g/mol. The van der Waals surface area contributed by atoms with Gasteiger partial charge in [0.2, 0.25) is 0 Å². The number of carbonyl (C=O) groups is 2. The van der Waals surface area contributed by atoms with E-state index in [1.807, 2.05) is 31.2 Å². The highest BCUT2D eigenvalue weighted by molar-refractivity contribution is 9.10. The van der Waals surface area contributed by atoms with Crippen molar-refractivity contribution < 1.29 is 14.7 Å². The minimum atomic E-state index is -0.916. The van der Waals surface area contributed by atoms with E-state index < -0.39 is 5.97 Å². The third kappa shape index (κ3) is 5.30. The van der Waals surface area contributed by atoms with Crippen LogP contribution in [0.4, 0.5) is 4.79 Å². The van der Waals surface area contributed by atoms with E-state index in [9.17, 15) is 9.59 Å². The number of nitrogens with one attached hydrogen (secondary N) is 1. The molecule has 104 valence electrons. The monoisotopic (exact) mass is 328 g/mol. The number of amides is 2. The smallest absolute Gasteiger partial charge is 0.317 e. The fourth-order valence-corrected chi connectivity index (χ4v) is 1.76. The number of rotatable bonds is 5. The van der Waals surface area contributed by atoms with E-state index in [1.165, 1.54) is 4.90 Å². The van der Waals surface area contributed by atoms with Crippen LogP contribution < -0.4 is 5.32 Å². The Morgan fingerprint density at radius 3 is 2.47 bits per heavy atom. The lowest BCUT2D eigenvalue weighted by Crippen LogP contribution is -2.39. The van der Waals surface area contributed by atoms with Crippen LogP contribution in [0.5, 0.6) is 0 Å². The quantitative estimate of drug-likeness (QED) is 0.872. The summed E-state index contributed by atoms with van der Waals surface area (Å²) in [6, 6.07) is 7.25. The molecule has 0 radical (unpaired) electrons. The number of hydrogen-bond acceptors (Lipinski definition) is 2. The van der Waals surface area contributed by atoms with Gasteiger partial charge in [0.15, 0.2) is 0 Å². The second-order valence-electron chi connectivity index (χ2n) is 4.29. The van der Waals surface area contributed by atoms with E-state index in [-0.39, 0.29) is 25.0 Å².